The van der Waals surface area contributed by atoms with Crippen molar-refractivity contribution in [3.05, 3.63) is 71.5 Å². The van der Waals surface area contributed by atoms with Gasteiger partial charge < -0.3 is 15.5 Å². The van der Waals surface area contributed by atoms with E-state index in [1.807, 2.05) is 24.3 Å². The quantitative estimate of drug-likeness (QED) is 0.581. The summed E-state index contributed by atoms with van der Waals surface area (Å²) in [7, 11) is 0. The Labute approximate surface area is 194 Å². The molecule has 8 heteroatoms. The van der Waals surface area contributed by atoms with Crippen molar-refractivity contribution in [3.8, 4) is 0 Å². The van der Waals surface area contributed by atoms with Gasteiger partial charge in [0.05, 0.1) is 6.54 Å². The number of benzene rings is 2. The summed E-state index contributed by atoms with van der Waals surface area (Å²) in [4.78, 5) is 15.3. The highest BCUT2D eigenvalue weighted by Gasteiger charge is 2.34. The Balaban J connectivity index is 1.09. The SMILES string of the molecule is Cc1ccccc1N1CCC(N[C@@H]2CC[C@@H]2NC(=O)c2ccc(Cn3cnnn3)cc2)CC1. The Morgan fingerprint density at radius 1 is 1.00 bits per heavy atom. The van der Waals surface area contributed by atoms with E-state index in [1.165, 1.54) is 11.3 Å². The highest BCUT2D eigenvalue weighted by molar-refractivity contribution is 5.94. The van der Waals surface area contributed by atoms with Crippen LogP contribution in [0.5, 0.6) is 0 Å². The maximum Gasteiger partial charge on any atom is 0.251 e. The highest BCUT2D eigenvalue weighted by Crippen LogP contribution is 2.26. The molecule has 3 aromatic rings. The molecule has 0 spiro atoms. The summed E-state index contributed by atoms with van der Waals surface area (Å²) in [6, 6.07) is 17.4. The second-order valence-corrected chi connectivity index (χ2v) is 9.18. The third kappa shape index (κ3) is 5.06. The van der Waals surface area contributed by atoms with E-state index in [0.717, 1.165) is 44.3 Å². The molecule has 2 aliphatic rings. The van der Waals surface area contributed by atoms with Crippen LogP contribution in [0.4, 0.5) is 5.69 Å². The molecule has 0 radical (unpaired) electrons. The minimum atomic E-state index is -0.00477. The van der Waals surface area contributed by atoms with E-state index in [4.69, 9.17) is 0 Å². The van der Waals surface area contributed by atoms with E-state index in [9.17, 15) is 4.79 Å². The van der Waals surface area contributed by atoms with Crippen molar-refractivity contribution >= 4 is 11.6 Å². The van der Waals surface area contributed by atoms with E-state index in [0.29, 0.717) is 24.2 Å². The third-order valence-corrected chi connectivity index (χ3v) is 6.94. The number of para-hydroxylation sites is 1. The molecule has 1 amide bonds. The molecule has 1 saturated carbocycles. The number of carbonyl (C=O) groups is 1. The molecule has 2 atom stereocenters. The largest absolute Gasteiger partial charge is 0.371 e. The molecular formula is C25H31N7O. The number of hydrogen-bond donors (Lipinski definition) is 2. The molecule has 33 heavy (non-hydrogen) atoms. The van der Waals surface area contributed by atoms with E-state index in [1.54, 1.807) is 11.0 Å². The number of tetrazole rings is 1. The molecule has 2 fully saturated rings. The van der Waals surface area contributed by atoms with Gasteiger partial charge in [0.15, 0.2) is 0 Å². The number of hydrogen-bond acceptors (Lipinski definition) is 6. The number of nitrogens with zero attached hydrogens (tertiary/aromatic N) is 5. The highest BCUT2D eigenvalue weighted by atomic mass is 16.1. The average molecular weight is 446 g/mol. The summed E-state index contributed by atoms with van der Waals surface area (Å²) in [5.74, 6) is -0.00477. The van der Waals surface area contributed by atoms with Crippen molar-refractivity contribution in [2.75, 3.05) is 18.0 Å². The smallest absolute Gasteiger partial charge is 0.251 e. The zero-order valence-electron chi connectivity index (χ0n) is 19.0. The van der Waals surface area contributed by atoms with Gasteiger partial charge in [0.25, 0.3) is 5.91 Å². The first-order chi connectivity index (χ1) is 16.2. The van der Waals surface area contributed by atoms with Gasteiger partial charge in [0.2, 0.25) is 0 Å². The maximum absolute atomic E-state index is 12.8. The van der Waals surface area contributed by atoms with E-state index in [2.05, 4.69) is 62.2 Å². The first kappa shape index (κ1) is 21.6. The predicted molar refractivity (Wildman–Crippen MR) is 127 cm³/mol. The number of rotatable bonds is 7. The second-order valence-electron chi connectivity index (χ2n) is 9.18. The van der Waals surface area contributed by atoms with Crippen molar-refractivity contribution in [2.45, 2.75) is 57.3 Å². The summed E-state index contributed by atoms with van der Waals surface area (Å²) in [5.41, 5.74) is 4.44. The van der Waals surface area contributed by atoms with E-state index in [-0.39, 0.29) is 11.9 Å². The summed E-state index contributed by atoms with van der Waals surface area (Å²) in [6.07, 6.45) is 6.00. The molecular weight excluding hydrogens is 414 g/mol. The fraction of sp³-hybridized carbons (Fsp3) is 0.440. The Morgan fingerprint density at radius 3 is 2.42 bits per heavy atom. The molecule has 8 nitrogen and oxygen atoms in total. The van der Waals surface area contributed by atoms with Crippen molar-refractivity contribution in [1.82, 2.24) is 30.8 Å². The van der Waals surface area contributed by atoms with Crippen molar-refractivity contribution < 1.29 is 4.79 Å². The summed E-state index contributed by atoms with van der Waals surface area (Å²) < 4.78 is 1.66. The Bertz CT molecular complexity index is 1060. The second kappa shape index (κ2) is 9.70. The lowest BCUT2D eigenvalue weighted by Crippen LogP contribution is -2.60. The van der Waals surface area contributed by atoms with Crippen LogP contribution in [-0.4, -0.2) is 57.3 Å². The van der Waals surface area contributed by atoms with Gasteiger partial charge in [-0.05, 0) is 72.4 Å². The molecule has 5 rings (SSSR count). The maximum atomic E-state index is 12.8. The van der Waals surface area contributed by atoms with Gasteiger partial charge in [-0.3, -0.25) is 4.79 Å². The summed E-state index contributed by atoms with van der Waals surface area (Å²) in [6.45, 7) is 4.92. The Kier molecular flexibility index (Phi) is 6.35. The standard InChI is InChI=1S/C25H31N7O/c1-18-4-2-3-5-24(18)31-14-12-21(13-15-31)27-22-10-11-23(22)28-25(33)20-8-6-19(7-9-20)16-32-17-26-29-30-32/h2-9,17,21-23,27H,10-16H2,1H3,(H,28,33)/t22-,23+/m1/s1. The molecule has 0 bridgehead atoms. The number of amides is 1. The van der Waals surface area contributed by atoms with E-state index >= 15 is 0 Å². The van der Waals surface area contributed by atoms with Crippen molar-refractivity contribution in [1.29, 1.82) is 0 Å². The van der Waals surface area contributed by atoms with Crippen LogP contribution in [0.1, 0.15) is 47.2 Å². The topological polar surface area (TPSA) is 88.0 Å². The van der Waals surface area contributed by atoms with Crippen molar-refractivity contribution in [3.63, 3.8) is 0 Å². The van der Waals surface area contributed by atoms with Crippen LogP contribution in [0.15, 0.2) is 54.9 Å². The fourth-order valence-electron chi connectivity index (χ4n) is 4.83. The lowest BCUT2D eigenvalue weighted by Gasteiger charge is -2.42. The van der Waals surface area contributed by atoms with E-state index < -0.39 is 0 Å². The predicted octanol–water partition coefficient (Wildman–Crippen LogP) is 2.55. The molecule has 1 aromatic heterocycles. The lowest BCUT2D eigenvalue weighted by atomic mass is 9.84. The normalized spacial score (nSPS) is 20.9. The van der Waals surface area contributed by atoms with Gasteiger partial charge in [-0.25, -0.2) is 4.68 Å². The van der Waals surface area contributed by atoms with Gasteiger partial charge in [-0.2, -0.15) is 0 Å². The first-order valence-corrected chi connectivity index (χ1v) is 11.8. The fourth-order valence-corrected chi connectivity index (χ4v) is 4.83. The molecule has 2 N–H and O–H groups in total. The number of nitrogens with one attached hydrogen (secondary N) is 2. The Hall–Kier alpha value is -3.26. The Morgan fingerprint density at radius 2 is 1.76 bits per heavy atom. The minimum absolute atomic E-state index is 0.00477. The monoisotopic (exact) mass is 445 g/mol. The van der Waals surface area contributed by atoms with Gasteiger partial charge in [-0.15, -0.1) is 5.10 Å². The van der Waals surface area contributed by atoms with Crippen LogP contribution < -0.4 is 15.5 Å². The zero-order chi connectivity index (χ0) is 22.6. The molecule has 172 valence electrons. The van der Waals surface area contributed by atoms with Crippen LogP contribution in [0.2, 0.25) is 0 Å². The van der Waals surface area contributed by atoms with Crippen LogP contribution in [0.3, 0.4) is 0 Å². The minimum Gasteiger partial charge on any atom is -0.371 e. The van der Waals surface area contributed by atoms with Gasteiger partial charge in [0.1, 0.15) is 6.33 Å². The number of piperidine rings is 1. The number of anilines is 1. The molecule has 0 unspecified atom stereocenters. The average Bonchev–Trinajstić information content (AvgIpc) is 3.34. The third-order valence-electron chi connectivity index (χ3n) is 6.94. The van der Waals surface area contributed by atoms with Crippen molar-refractivity contribution in [2.24, 2.45) is 0 Å². The van der Waals surface area contributed by atoms with Gasteiger partial charge in [0, 0.05) is 42.5 Å². The van der Waals surface area contributed by atoms with Crippen LogP contribution >= 0.6 is 0 Å². The van der Waals surface area contributed by atoms with Crippen LogP contribution in [0, 0.1) is 6.92 Å². The lowest BCUT2D eigenvalue weighted by molar-refractivity contribution is 0.0887. The zero-order valence-corrected chi connectivity index (χ0v) is 19.0. The first-order valence-electron chi connectivity index (χ1n) is 11.8. The summed E-state index contributed by atoms with van der Waals surface area (Å²) >= 11 is 0. The van der Waals surface area contributed by atoms with Gasteiger partial charge in [-0.1, -0.05) is 30.3 Å². The number of aromatic nitrogens is 4. The molecule has 2 aromatic carbocycles. The number of aryl methyl sites for hydroxylation is 1. The van der Waals surface area contributed by atoms with Gasteiger partial charge >= 0.3 is 0 Å². The number of carbonyl (C=O) groups excluding carboxylic acids is 1. The molecule has 1 aliphatic carbocycles. The van der Waals surface area contributed by atoms with Crippen LogP contribution in [-0.2, 0) is 6.54 Å². The molecule has 2 heterocycles. The van der Waals surface area contributed by atoms with Crippen LogP contribution in [0.25, 0.3) is 0 Å². The molecule has 1 aliphatic heterocycles. The summed E-state index contributed by atoms with van der Waals surface area (Å²) in [5, 5.41) is 18.2. The molecule has 1 saturated heterocycles.